The molecule has 0 heterocycles. The molecule has 8 nitrogen and oxygen atoms in total. The summed E-state index contributed by atoms with van der Waals surface area (Å²) in [7, 11) is -2.66. The van der Waals surface area contributed by atoms with Crippen LogP contribution >= 0.6 is 0 Å². The van der Waals surface area contributed by atoms with Gasteiger partial charge in [0.2, 0.25) is 0 Å². The first-order chi connectivity index (χ1) is 16.5. The van der Waals surface area contributed by atoms with Crippen molar-refractivity contribution in [1.29, 1.82) is 0 Å². The molecule has 0 saturated carbocycles. The lowest BCUT2D eigenvalue weighted by atomic mass is 10.2. The average Bonchev–Trinajstić information content (AvgIpc) is 2.78. The van der Waals surface area contributed by atoms with Gasteiger partial charge in [-0.25, -0.2) is 8.42 Å². The van der Waals surface area contributed by atoms with Crippen molar-refractivity contribution >= 4 is 27.3 Å². The van der Waals surface area contributed by atoms with Gasteiger partial charge in [-0.05, 0) is 55.5 Å². The molecule has 3 aromatic carbocycles. The molecule has 0 bridgehead atoms. The molecule has 0 atom stereocenters. The number of rotatable bonds is 10. The molecule has 1 amide bonds. The number of sulfonamides is 1. The quantitative estimate of drug-likeness (QED) is 0.395. The van der Waals surface area contributed by atoms with E-state index in [1.807, 2.05) is 0 Å². The summed E-state index contributed by atoms with van der Waals surface area (Å²) in [4.78, 5) is 12.3. The zero-order valence-corrected chi connectivity index (χ0v) is 20.0. The summed E-state index contributed by atoms with van der Waals surface area (Å²) in [6.45, 7) is 2.42. The molecule has 0 aliphatic heterocycles. The Morgan fingerprint density at radius 3 is 2.31 bits per heavy atom. The average molecular weight is 507 g/mol. The second kappa shape index (κ2) is 10.6. The Bertz CT molecular complexity index is 1290. The molecule has 0 aromatic heterocycles. The topological polar surface area (TPSA) is 103 Å². The highest BCUT2D eigenvalue weighted by molar-refractivity contribution is 7.92. The van der Waals surface area contributed by atoms with Gasteiger partial charge in [-0.15, -0.1) is 0 Å². The predicted molar refractivity (Wildman–Crippen MR) is 127 cm³/mol. The van der Waals surface area contributed by atoms with Gasteiger partial charge in [-0.3, -0.25) is 9.52 Å². The van der Waals surface area contributed by atoms with E-state index in [1.54, 1.807) is 31.2 Å². The van der Waals surface area contributed by atoms with E-state index in [2.05, 4.69) is 14.8 Å². The summed E-state index contributed by atoms with van der Waals surface area (Å²) in [5.41, 5.74) is 0.710. The first kappa shape index (κ1) is 25.8. The van der Waals surface area contributed by atoms with Crippen LogP contribution in [0.4, 0.5) is 20.2 Å². The third-order valence-electron chi connectivity index (χ3n) is 4.53. The van der Waals surface area contributed by atoms with Crippen LogP contribution in [0.25, 0.3) is 0 Å². The Kier molecular flexibility index (Phi) is 7.80. The number of benzene rings is 3. The Labute approximate surface area is 201 Å². The van der Waals surface area contributed by atoms with Crippen LogP contribution in [0.15, 0.2) is 71.6 Å². The molecule has 35 heavy (non-hydrogen) atoms. The number of nitrogens with one attached hydrogen (secondary N) is 2. The van der Waals surface area contributed by atoms with Crippen LogP contribution in [0.2, 0.25) is 0 Å². The summed E-state index contributed by atoms with van der Waals surface area (Å²) in [5.74, 6) is -0.0181. The molecule has 0 unspecified atom stereocenters. The molecule has 186 valence electrons. The van der Waals surface area contributed by atoms with E-state index in [0.29, 0.717) is 23.9 Å². The van der Waals surface area contributed by atoms with Gasteiger partial charge in [0.05, 0.1) is 19.4 Å². The van der Waals surface area contributed by atoms with Gasteiger partial charge in [-0.1, -0.05) is 6.07 Å². The number of halogens is 2. The number of ether oxygens (including phenoxy) is 3. The molecular formula is C24H24F2N2O6S. The Balaban J connectivity index is 1.83. The standard InChI is InChI=1S/C24H24F2N2O6S/c1-4-33-21-15-17(27-23(29)16-8-11-19(32-3)12-9-16)10-13-22(21)35(30,31)28-18-6-5-7-20(14-18)34-24(2,25)26/h5-15,28H,4H2,1-3H3,(H,27,29). The van der Waals surface area contributed by atoms with Crippen LogP contribution in [0, 0.1) is 0 Å². The maximum Gasteiger partial charge on any atom is 0.394 e. The van der Waals surface area contributed by atoms with Crippen LogP contribution in [0.3, 0.4) is 0 Å². The molecule has 0 radical (unpaired) electrons. The highest BCUT2D eigenvalue weighted by Crippen LogP contribution is 2.31. The van der Waals surface area contributed by atoms with Crippen molar-refractivity contribution in [3.8, 4) is 17.2 Å². The molecule has 0 saturated heterocycles. The lowest BCUT2D eigenvalue weighted by Crippen LogP contribution is -2.19. The summed E-state index contributed by atoms with van der Waals surface area (Å²) in [6, 6.07) is 15.7. The van der Waals surface area contributed by atoms with Crippen LogP contribution in [0.5, 0.6) is 17.2 Å². The molecule has 0 aliphatic carbocycles. The second-order valence-corrected chi connectivity index (χ2v) is 8.97. The van der Waals surface area contributed by atoms with Crippen molar-refractivity contribution in [2.75, 3.05) is 23.8 Å². The highest BCUT2D eigenvalue weighted by Gasteiger charge is 2.24. The van der Waals surface area contributed by atoms with Crippen molar-refractivity contribution < 1.29 is 36.2 Å². The lowest BCUT2D eigenvalue weighted by Gasteiger charge is -2.16. The van der Waals surface area contributed by atoms with E-state index in [0.717, 1.165) is 6.07 Å². The molecule has 2 N–H and O–H groups in total. The van der Waals surface area contributed by atoms with Crippen molar-refractivity contribution in [3.05, 3.63) is 72.3 Å². The number of hydrogen-bond donors (Lipinski definition) is 2. The van der Waals surface area contributed by atoms with E-state index in [1.165, 1.54) is 43.5 Å². The lowest BCUT2D eigenvalue weighted by molar-refractivity contribution is -0.158. The van der Waals surface area contributed by atoms with Crippen LogP contribution in [-0.4, -0.2) is 34.2 Å². The predicted octanol–water partition coefficient (Wildman–Crippen LogP) is 5.14. The number of alkyl halides is 2. The molecule has 0 spiro atoms. The fourth-order valence-corrected chi connectivity index (χ4v) is 4.24. The van der Waals surface area contributed by atoms with Crippen LogP contribution in [-0.2, 0) is 10.0 Å². The Hall–Kier alpha value is -3.86. The van der Waals surface area contributed by atoms with Crippen molar-refractivity contribution in [1.82, 2.24) is 0 Å². The number of carbonyl (C=O) groups is 1. The van der Waals surface area contributed by atoms with Gasteiger partial charge in [0, 0.05) is 30.3 Å². The van der Waals surface area contributed by atoms with Crippen molar-refractivity contribution in [2.24, 2.45) is 0 Å². The van der Waals surface area contributed by atoms with E-state index >= 15 is 0 Å². The smallest absolute Gasteiger partial charge is 0.394 e. The fourth-order valence-electron chi connectivity index (χ4n) is 3.06. The summed E-state index contributed by atoms with van der Waals surface area (Å²) in [5, 5.41) is 2.69. The second-order valence-electron chi connectivity index (χ2n) is 7.32. The van der Waals surface area contributed by atoms with Crippen molar-refractivity contribution in [3.63, 3.8) is 0 Å². The largest absolute Gasteiger partial charge is 0.497 e. The number of amides is 1. The fraction of sp³-hybridized carbons (Fsp3) is 0.208. The van der Waals surface area contributed by atoms with Crippen LogP contribution < -0.4 is 24.2 Å². The third-order valence-corrected chi connectivity index (χ3v) is 5.95. The molecule has 0 aliphatic rings. The third kappa shape index (κ3) is 7.06. The van der Waals surface area contributed by atoms with Gasteiger partial charge in [0.25, 0.3) is 15.9 Å². The monoisotopic (exact) mass is 506 g/mol. The Morgan fingerprint density at radius 1 is 0.971 bits per heavy atom. The van der Waals surface area contributed by atoms with Gasteiger partial charge >= 0.3 is 6.11 Å². The molecule has 3 aromatic rings. The van der Waals surface area contributed by atoms with Crippen LogP contribution in [0.1, 0.15) is 24.2 Å². The first-order valence-electron chi connectivity index (χ1n) is 10.4. The zero-order chi connectivity index (χ0) is 25.6. The maximum absolute atomic E-state index is 13.1. The SMILES string of the molecule is CCOc1cc(NC(=O)c2ccc(OC)cc2)ccc1S(=O)(=O)Nc1cccc(OC(C)(F)F)c1. The number of hydrogen-bond acceptors (Lipinski definition) is 6. The number of carbonyl (C=O) groups excluding carboxylic acids is 1. The van der Waals surface area contributed by atoms with E-state index in [4.69, 9.17) is 9.47 Å². The van der Waals surface area contributed by atoms with E-state index in [-0.39, 0.29) is 28.7 Å². The summed E-state index contributed by atoms with van der Waals surface area (Å²) >= 11 is 0. The first-order valence-corrected chi connectivity index (χ1v) is 11.9. The minimum Gasteiger partial charge on any atom is -0.497 e. The van der Waals surface area contributed by atoms with E-state index in [9.17, 15) is 22.0 Å². The molecule has 0 fully saturated rings. The Morgan fingerprint density at radius 2 is 1.69 bits per heavy atom. The number of anilines is 2. The summed E-state index contributed by atoms with van der Waals surface area (Å²) in [6.07, 6.45) is -3.42. The summed E-state index contributed by atoms with van der Waals surface area (Å²) < 4.78 is 69.7. The van der Waals surface area contributed by atoms with Gasteiger partial charge in [0.15, 0.2) is 0 Å². The molecule has 11 heteroatoms. The minimum absolute atomic E-state index is 0.0000250. The molecule has 3 rings (SSSR count). The van der Waals surface area contributed by atoms with Gasteiger partial charge in [0.1, 0.15) is 22.1 Å². The zero-order valence-electron chi connectivity index (χ0n) is 19.2. The highest BCUT2D eigenvalue weighted by atomic mass is 32.2. The molecular weight excluding hydrogens is 482 g/mol. The minimum atomic E-state index is -4.18. The van der Waals surface area contributed by atoms with Gasteiger partial charge < -0.3 is 19.5 Å². The van der Waals surface area contributed by atoms with Crippen molar-refractivity contribution in [2.45, 2.75) is 24.9 Å². The normalized spacial score (nSPS) is 11.5. The van der Waals surface area contributed by atoms with E-state index < -0.39 is 22.0 Å². The maximum atomic E-state index is 13.1. The van der Waals surface area contributed by atoms with Gasteiger partial charge in [-0.2, -0.15) is 8.78 Å². The number of methoxy groups -OCH3 is 1.